The topological polar surface area (TPSA) is 45.0 Å². The second-order valence-electron chi connectivity index (χ2n) is 7.78. The van der Waals surface area contributed by atoms with Crippen molar-refractivity contribution >= 4 is 17.0 Å². The molecule has 1 aliphatic rings. The van der Waals surface area contributed by atoms with Crippen LogP contribution in [0.2, 0.25) is 0 Å². The minimum absolute atomic E-state index is 0.485. The molecule has 6 heteroatoms. The van der Waals surface area contributed by atoms with Crippen LogP contribution in [0.3, 0.4) is 0 Å². The minimum atomic E-state index is 0.485. The van der Waals surface area contributed by atoms with E-state index in [2.05, 4.69) is 48.1 Å². The quantitative estimate of drug-likeness (QED) is 0.472. The van der Waals surface area contributed by atoms with Crippen molar-refractivity contribution in [2.75, 3.05) is 21.3 Å². The predicted molar refractivity (Wildman–Crippen MR) is 121 cm³/mol. The van der Waals surface area contributed by atoms with Crippen molar-refractivity contribution in [2.45, 2.75) is 38.6 Å². The first-order valence-electron chi connectivity index (χ1n) is 10.2. The van der Waals surface area contributed by atoms with Crippen LogP contribution in [0.25, 0.3) is 11.3 Å². The van der Waals surface area contributed by atoms with Crippen molar-refractivity contribution < 1.29 is 14.2 Å². The number of nitrogens with zero attached hydrogens (tertiary/aromatic N) is 2. The lowest BCUT2D eigenvalue weighted by atomic mass is 10.0. The predicted octanol–water partition coefficient (Wildman–Crippen LogP) is 5.93. The second-order valence-corrected chi connectivity index (χ2v) is 8.61. The van der Waals surface area contributed by atoms with E-state index in [1.807, 2.05) is 12.1 Å². The fraction of sp³-hybridized carbons (Fsp3) is 0.375. The minimum Gasteiger partial charge on any atom is -0.493 e. The van der Waals surface area contributed by atoms with Gasteiger partial charge in [0.25, 0.3) is 0 Å². The molecular weight excluding hydrogens is 396 g/mol. The zero-order valence-electron chi connectivity index (χ0n) is 18.1. The molecular formula is C24H28N2O3S. The molecule has 0 amide bonds. The highest BCUT2D eigenvalue weighted by molar-refractivity contribution is 7.07. The summed E-state index contributed by atoms with van der Waals surface area (Å²) in [5, 5.41) is 2.17. The molecule has 0 bridgehead atoms. The van der Waals surface area contributed by atoms with Crippen molar-refractivity contribution in [3.05, 3.63) is 52.1 Å². The van der Waals surface area contributed by atoms with Crippen LogP contribution in [0.4, 0.5) is 5.69 Å². The van der Waals surface area contributed by atoms with E-state index < -0.39 is 0 Å². The van der Waals surface area contributed by atoms with Crippen LogP contribution in [0.1, 0.15) is 44.2 Å². The fourth-order valence-corrected chi connectivity index (χ4v) is 4.56. The molecule has 1 fully saturated rings. The van der Waals surface area contributed by atoms with Gasteiger partial charge in [0, 0.05) is 17.0 Å². The van der Waals surface area contributed by atoms with E-state index in [1.165, 1.54) is 18.4 Å². The van der Waals surface area contributed by atoms with Gasteiger partial charge in [-0.05, 0) is 48.6 Å². The first-order valence-corrected chi connectivity index (χ1v) is 11.1. The van der Waals surface area contributed by atoms with E-state index in [-0.39, 0.29) is 0 Å². The third-order valence-electron chi connectivity index (χ3n) is 5.40. The summed E-state index contributed by atoms with van der Waals surface area (Å²) in [5.74, 6) is 2.43. The fourth-order valence-electron chi connectivity index (χ4n) is 3.57. The monoisotopic (exact) mass is 424 g/mol. The smallest absolute Gasteiger partial charge is 0.203 e. The molecule has 0 spiro atoms. The van der Waals surface area contributed by atoms with E-state index in [1.54, 1.807) is 32.7 Å². The summed E-state index contributed by atoms with van der Waals surface area (Å²) in [7, 11) is 4.91. The molecule has 1 heterocycles. The normalized spacial score (nSPS) is 14.3. The lowest BCUT2D eigenvalue weighted by Crippen LogP contribution is -2.14. The molecule has 0 aliphatic heterocycles. The number of thiazole rings is 1. The van der Waals surface area contributed by atoms with Gasteiger partial charge in [-0.25, -0.2) is 4.99 Å². The Hall–Kier alpha value is -2.73. The van der Waals surface area contributed by atoms with Crippen LogP contribution in [-0.4, -0.2) is 25.9 Å². The second kappa shape index (κ2) is 8.56. The molecule has 5 nitrogen and oxygen atoms in total. The van der Waals surface area contributed by atoms with Crippen molar-refractivity contribution in [1.82, 2.24) is 4.57 Å². The van der Waals surface area contributed by atoms with Gasteiger partial charge in [0.2, 0.25) is 5.75 Å². The van der Waals surface area contributed by atoms with Crippen molar-refractivity contribution in [3.8, 4) is 28.5 Å². The number of rotatable bonds is 7. The summed E-state index contributed by atoms with van der Waals surface area (Å²) >= 11 is 1.66. The average Bonchev–Trinajstić information content (AvgIpc) is 3.52. The van der Waals surface area contributed by atoms with Gasteiger partial charge < -0.3 is 18.8 Å². The van der Waals surface area contributed by atoms with Crippen LogP contribution < -0.4 is 19.0 Å². The number of hydrogen-bond acceptors (Lipinski definition) is 5. The molecule has 0 unspecified atom stereocenters. The number of aromatic nitrogens is 1. The van der Waals surface area contributed by atoms with E-state index in [0.717, 1.165) is 21.7 Å². The van der Waals surface area contributed by atoms with Gasteiger partial charge in [0.05, 0.1) is 32.7 Å². The standard InChI is InChI=1S/C24H28N2O3S/c1-15(2)16-6-8-18(9-7-16)25-24-26(19-10-11-19)20(14-30-24)17-12-21(27-3)23(29-5)22(13-17)28-4/h6-9,12-15,19H,10-11H2,1-5H3. The van der Waals surface area contributed by atoms with Gasteiger partial charge in [-0.1, -0.05) is 26.0 Å². The Bertz CT molecular complexity index is 1070. The van der Waals surface area contributed by atoms with Crippen molar-refractivity contribution in [1.29, 1.82) is 0 Å². The molecule has 0 N–H and O–H groups in total. The number of methoxy groups -OCH3 is 3. The Morgan fingerprint density at radius 2 is 1.60 bits per heavy atom. The molecule has 30 heavy (non-hydrogen) atoms. The molecule has 2 aromatic carbocycles. The third-order valence-corrected chi connectivity index (χ3v) is 6.24. The zero-order valence-corrected chi connectivity index (χ0v) is 19.0. The SMILES string of the molecule is COc1cc(-c2csc(=Nc3ccc(C(C)C)cc3)n2C2CC2)cc(OC)c1OC. The average molecular weight is 425 g/mol. The lowest BCUT2D eigenvalue weighted by Gasteiger charge is -2.15. The molecule has 1 aromatic heterocycles. The van der Waals surface area contributed by atoms with Gasteiger partial charge in [-0.2, -0.15) is 0 Å². The molecule has 158 valence electrons. The van der Waals surface area contributed by atoms with E-state index >= 15 is 0 Å². The van der Waals surface area contributed by atoms with E-state index in [4.69, 9.17) is 19.2 Å². The summed E-state index contributed by atoms with van der Waals surface area (Å²) < 4.78 is 18.9. The molecule has 4 rings (SSSR count). The summed E-state index contributed by atoms with van der Waals surface area (Å²) in [6.45, 7) is 4.41. The van der Waals surface area contributed by atoms with Crippen molar-refractivity contribution in [2.24, 2.45) is 4.99 Å². The Morgan fingerprint density at radius 3 is 2.10 bits per heavy atom. The zero-order chi connectivity index (χ0) is 21.3. The Labute approximate surface area is 181 Å². The molecule has 0 saturated heterocycles. The van der Waals surface area contributed by atoms with Crippen LogP contribution in [0, 0.1) is 0 Å². The molecule has 1 saturated carbocycles. The van der Waals surface area contributed by atoms with Gasteiger partial charge in [0.15, 0.2) is 16.3 Å². The van der Waals surface area contributed by atoms with Crippen LogP contribution >= 0.6 is 11.3 Å². The van der Waals surface area contributed by atoms with Crippen LogP contribution in [-0.2, 0) is 0 Å². The van der Waals surface area contributed by atoms with E-state index in [9.17, 15) is 0 Å². The highest BCUT2D eigenvalue weighted by Crippen LogP contribution is 2.43. The number of benzene rings is 2. The summed E-state index contributed by atoms with van der Waals surface area (Å²) in [5.41, 5.74) is 4.46. The van der Waals surface area contributed by atoms with Crippen LogP contribution in [0.15, 0.2) is 46.8 Å². The molecule has 1 aliphatic carbocycles. The summed E-state index contributed by atoms with van der Waals surface area (Å²) in [6.07, 6.45) is 2.35. The first kappa shape index (κ1) is 20.5. The number of hydrogen-bond donors (Lipinski definition) is 0. The van der Waals surface area contributed by atoms with E-state index in [0.29, 0.717) is 29.2 Å². The number of ether oxygens (including phenoxy) is 3. The largest absolute Gasteiger partial charge is 0.493 e. The molecule has 3 aromatic rings. The highest BCUT2D eigenvalue weighted by Gasteiger charge is 2.28. The van der Waals surface area contributed by atoms with Crippen molar-refractivity contribution in [3.63, 3.8) is 0 Å². The summed E-state index contributed by atoms with van der Waals surface area (Å²) in [4.78, 5) is 5.97. The maximum Gasteiger partial charge on any atom is 0.203 e. The summed E-state index contributed by atoms with van der Waals surface area (Å²) in [6, 6.07) is 13.0. The third kappa shape index (κ3) is 3.97. The Morgan fingerprint density at radius 1 is 0.967 bits per heavy atom. The van der Waals surface area contributed by atoms with Gasteiger partial charge in [0.1, 0.15) is 0 Å². The molecule has 0 atom stereocenters. The Kier molecular flexibility index (Phi) is 5.86. The van der Waals surface area contributed by atoms with Crippen LogP contribution in [0.5, 0.6) is 17.2 Å². The highest BCUT2D eigenvalue weighted by atomic mass is 32.1. The maximum absolute atomic E-state index is 5.56. The lowest BCUT2D eigenvalue weighted by molar-refractivity contribution is 0.324. The van der Waals surface area contributed by atoms with Gasteiger partial charge in [-0.15, -0.1) is 11.3 Å². The first-order chi connectivity index (χ1) is 14.5. The maximum atomic E-state index is 5.56. The van der Waals surface area contributed by atoms with Gasteiger partial charge >= 0.3 is 0 Å². The van der Waals surface area contributed by atoms with Gasteiger partial charge in [-0.3, -0.25) is 0 Å². The Balaban J connectivity index is 1.81. The molecule has 0 radical (unpaired) electrons.